The zero-order valence-electron chi connectivity index (χ0n) is 19.8. The topological polar surface area (TPSA) is 49.5 Å². The first-order valence-corrected chi connectivity index (χ1v) is 11.9. The third-order valence-corrected chi connectivity index (χ3v) is 10.3. The molecule has 4 aliphatic rings. The molecule has 0 bridgehead atoms. The Labute approximate surface area is 178 Å². The molecular weight excluding hydrogens is 356 g/mol. The Kier molecular flexibility index (Phi) is 5.16. The van der Waals surface area contributed by atoms with Gasteiger partial charge >= 0.3 is 0 Å². The third-order valence-electron chi connectivity index (χ3n) is 10.3. The van der Waals surface area contributed by atoms with Crippen LogP contribution in [0.1, 0.15) is 73.1 Å². The summed E-state index contributed by atoms with van der Waals surface area (Å²) in [5, 5.41) is 11.1. The molecular formula is C26H44N2O. The van der Waals surface area contributed by atoms with Crippen molar-refractivity contribution in [3.05, 3.63) is 23.3 Å². The van der Waals surface area contributed by atoms with E-state index in [-0.39, 0.29) is 34.3 Å². The monoisotopic (exact) mass is 400 g/mol. The molecule has 0 aliphatic heterocycles. The van der Waals surface area contributed by atoms with E-state index in [1.54, 1.807) is 11.1 Å². The highest BCUT2D eigenvalue weighted by Gasteiger charge is 2.64. The number of fused-ring (bicyclic) bond motifs is 4. The van der Waals surface area contributed by atoms with Gasteiger partial charge in [-0.25, -0.2) is 0 Å². The maximum Gasteiger partial charge on any atom is 0.0594 e. The second-order valence-electron chi connectivity index (χ2n) is 12.1. The summed E-state index contributed by atoms with van der Waals surface area (Å²) in [6.07, 6.45) is 11.8. The molecule has 3 heteroatoms. The van der Waals surface area contributed by atoms with Gasteiger partial charge in [-0.1, -0.05) is 45.4 Å². The van der Waals surface area contributed by atoms with Crippen LogP contribution in [0.15, 0.2) is 23.3 Å². The molecule has 0 aromatic carbocycles. The van der Waals surface area contributed by atoms with Crippen LogP contribution in [0.2, 0.25) is 0 Å². The first kappa shape index (κ1) is 21.6. The van der Waals surface area contributed by atoms with Gasteiger partial charge in [0.15, 0.2) is 0 Å². The maximum absolute atomic E-state index is 11.1. The van der Waals surface area contributed by atoms with Crippen molar-refractivity contribution in [1.29, 1.82) is 0 Å². The van der Waals surface area contributed by atoms with Crippen LogP contribution in [0.4, 0.5) is 0 Å². The van der Waals surface area contributed by atoms with Crippen molar-refractivity contribution in [2.45, 2.75) is 91.3 Å². The third kappa shape index (κ3) is 2.94. The Bertz CT molecular complexity index is 720. The minimum atomic E-state index is -0.261. The second-order valence-corrected chi connectivity index (χ2v) is 12.1. The molecule has 0 amide bonds. The Morgan fingerprint density at radius 3 is 2.38 bits per heavy atom. The van der Waals surface area contributed by atoms with E-state index in [4.69, 9.17) is 5.73 Å². The van der Waals surface area contributed by atoms with Crippen molar-refractivity contribution in [1.82, 2.24) is 4.90 Å². The van der Waals surface area contributed by atoms with E-state index < -0.39 is 0 Å². The standard InChI is InChI=1S/C26H44N2O/c1-16(27)23-21(29)15-26(5)20-10-9-19-17(14-18(20)12-13-25(23,26)4)8-11-22(28(6)7)24(19,2)3/h8,14,16,19-23,29H,9-13,15,27H2,1-7H3. The predicted molar refractivity (Wildman–Crippen MR) is 121 cm³/mol. The van der Waals surface area contributed by atoms with Gasteiger partial charge in [-0.2, -0.15) is 0 Å². The van der Waals surface area contributed by atoms with Gasteiger partial charge in [-0.3, -0.25) is 0 Å². The normalized spacial score (nSPS) is 47.4. The van der Waals surface area contributed by atoms with Gasteiger partial charge in [-0.15, -0.1) is 0 Å². The van der Waals surface area contributed by atoms with E-state index in [1.165, 1.54) is 19.3 Å². The number of aliphatic hydroxyl groups is 1. The Balaban J connectivity index is 1.71. The summed E-state index contributed by atoms with van der Waals surface area (Å²) in [5.41, 5.74) is 10.2. The van der Waals surface area contributed by atoms with Gasteiger partial charge in [-0.05, 0) is 93.2 Å². The number of hydrogen-bond acceptors (Lipinski definition) is 3. The molecule has 2 fully saturated rings. The highest BCUT2D eigenvalue weighted by molar-refractivity contribution is 5.37. The molecule has 29 heavy (non-hydrogen) atoms. The number of rotatable bonds is 2. The van der Waals surface area contributed by atoms with Gasteiger partial charge in [0.1, 0.15) is 0 Å². The van der Waals surface area contributed by atoms with E-state index in [0.29, 0.717) is 17.9 Å². The van der Waals surface area contributed by atoms with Gasteiger partial charge in [0, 0.05) is 18.0 Å². The lowest BCUT2D eigenvalue weighted by Crippen LogP contribution is -2.50. The minimum Gasteiger partial charge on any atom is -0.393 e. The SMILES string of the molecule is CC(N)C1C(O)CC2(C)C3CCC4C(=CCC(N(C)C)C4(C)C)C=C3CCC12C. The van der Waals surface area contributed by atoms with Gasteiger partial charge in [0.25, 0.3) is 0 Å². The summed E-state index contributed by atoms with van der Waals surface area (Å²) in [6, 6.07) is 0.657. The van der Waals surface area contributed by atoms with Crippen molar-refractivity contribution in [3.63, 3.8) is 0 Å². The van der Waals surface area contributed by atoms with Crippen LogP contribution in [0.5, 0.6) is 0 Å². The fourth-order valence-electron chi connectivity index (χ4n) is 8.66. The summed E-state index contributed by atoms with van der Waals surface area (Å²) in [5.74, 6) is 1.43. The van der Waals surface area contributed by atoms with Gasteiger partial charge < -0.3 is 15.7 Å². The molecule has 0 aromatic heterocycles. The van der Waals surface area contributed by atoms with Crippen molar-refractivity contribution in [2.24, 2.45) is 39.7 Å². The zero-order chi connectivity index (χ0) is 21.4. The summed E-state index contributed by atoms with van der Waals surface area (Å²) in [4.78, 5) is 2.43. The van der Waals surface area contributed by atoms with Crippen LogP contribution in [0.25, 0.3) is 0 Å². The van der Waals surface area contributed by atoms with E-state index in [9.17, 15) is 5.11 Å². The molecule has 0 radical (unpaired) electrons. The molecule has 8 unspecified atom stereocenters. The lowest BCUT2D eigenvalue weighted by Gasteiger charge is -2.54. The van der Waals surface area contributed by atoms with E-state index >= 15 is 0 Å². The quantitative estimate of drug-likeness (QED) is 0.702. The highest BCUT2D eigenvalue weighted by Crippen LogP contribution is 2.68. The molecule has 0 saturated heterocycles. The molecule has 164 valence electrons. The number of hydrogen-bond donors (Lipinski definition) is 2. The summed E-state index contributed by atoms with van der Waals surface area (Å²) in [7, 11) is 4.47. The van der Waals surface area contributed by atoms with Gasteiger partial charge in [0.05, 0.1) is 6.10 Å². The highest BCUT2D eigenvalue weighted by atomic mass is 16.3. The fourth-order valence-corrected chi connectivity index (χ4v) is 8.66. The van der Waals surface area contributed by atoms with Crippen LogP contribution in [0.3, 0.4) is 0 Å². The maximum atomic E-state index is 11.1. The molecule has 3 N–H and O–H groups in total. The Hall–Kier alpha value is -0.640. The van der Waals surface area contributed by atoms with Crippen LogP contribution in [-0.2, 0) is 0 Å². The molecule has 0 aromatic rings. The van der Waals surface area contributed by atoms with Crippen LogP contribution < -0.4 is 5.73 Å². The van der Waals surface area contributed by atoms with Gasteiger partial charge in [0.2, 0.25) is 0 Å². The molecule has 0 spiro atoms. The lowest BCUT2D eigenvalue weighted by molar-refractivity contribution is -0.0237. The molecule has 0 heterocycles. The minimum absolute atomic E-state index is 0.0539. The first-order chi connectivity index (χ1) is 13.4. The first-order valence-electron chi connectivity index (χ1n) is 11.9. The van der Waals surface area contributed by atoms with Crippen molar-refractivity contribution >= 4 is 0 Å². The molecule has 4 rings (SSSR count). The Morgan fingerprint density at radius 1 is 1.10 bits per heavy atom. The predicted octanol–water partition coefficient (Wildman–Crippen LogP) is 4.76. The number of nitrogens with two attached hydrogens (primary N) is 1. The van der Waals surface area contributed by atoms with Crippen LogP contribution in [-0.4, -0.2) is 42.3 Å². The van der Waals surface area contributed by atoms with Crippen molar-refractivity contribution in [3.8, 4) is 0 Å². The van der Waals surface area contributed by atoms with E-state index in [0.717, 1.165) is 19.3 Å². The summed E-state index contributed by atoms with van der Waals surface area (Å²) < 4.78 is 0. The number of nitrogens with zero attached hydrogens (tertiary/aromatic N) is 1. The average Bonchev–Trinajstić information content (AvgIpc) is 2.71. The van der Waals surface area contributed by atoms with Crippen LogP contribution in [0, 0.1) is 34.0 Å². The van der Waals surface area contributed by atoms with Crippen LogP contribution >= 0.6 is 0 Å². The molecule has 2 saturated carbocycles. The summed E-state index contributed by atoms with van der Waals surface area (Å²) >= 11 is 0. The van der Waals surface area contributed by atoms with Crippen molar-refractivity contribution in [2.75, 3.05) is 14.1 Å². The molecule has 3 nitrogen and oxygen atoms in total. The van der Waals surface area contributed by atoms with E-state index in [1.807, 2.05) is 0 Å². The molecule has 4 aliphatic carbocycles. The average molecular weight is 401 g/mol. The Morgan fingerprint density at radius 2 is 1.76 bits per heavy atom. The fraction of sp³-hybridized carbons (Fsp3) is 0.846. The smallest absolute Gasteiger partial charge is 0.0594 e. The van der Waals surface area contributed by atoms with Crippen molar-refractivity contribution < 1.29 is 5.11 Å². The lowest BCUT2D eigenvalue weighted by atomic mass is 9.50. The van der Waals surface area contributed by atoms with E-state index in [2.05, 4.69) is 65.8 Å². The largest absolute Gasteiger partial charge is 0.393 e. The molecule has 8 atom stereocenters. The number of allylic oxidation sites excluding steroid dienone is 3. The number of aliphatic hydroxyl groups excluding tert-OH is 1. The zero-order valence-corrected chi connectivity index (χ0v) is 19.8. The summed E-state index contributed by atoms with van der Waals surface area (Å²) in [6.45, 7) is 12.0. The second kappa shape index (κ2) is 6.93.